The number of nitrogens with zero attached hydrogens (tertiary/aromatic N) is 1. The summed E-state index contributed by atoms with van der Waals surface area (Å²) in [6, 6.07) is 19.0. The van der Waals surface area contributed by atoms with Gasteiger partial charge >= 0.3 is 0 Å². The third-order valence-corrected chi connectivity index (χ3v) is 9.31. The second-order valence-corrected chi connectivity index (χ2v) is 13.3. The quantitative estimate of drug-likeness (QED) is 0.214. The van der Waals surface area contributed by atoms with Crippen LogP contribution in [0.4, 0.5) is 0 Å². The van der Waals surface area contributed by atoms with Gasteiger partial charge in [0.2, 0.25) is 11.8 Å². The number of hydrogen-bond acceptors (Lipinski definition) is 5. The van der Waals surface area contributed by atoms with E-state index in [0.29, 0.717) is 25.1 Å². The van der Waals surface area contributed by atoms with Crippen molar-refractivity contribution in [3.8, 4) is 0 Å². The highest BCUT2D eigenvalue weighted by Crippen LogP contribution is 2.42. The summed E-state index contributed by atoms with van der Waals surface area (Å²) < 4.78 is 5.98. The molecular formula is C43H60N4O4. The Bertz CT molecular complexity index is 1560. The first kappa shape index (κ1) is 41.2. The maximum atomic E-state index is 14.3. The second kappa shape index (κ2) is 19.9. The van der Waals surface area contributed by atoms with Crippen LogP contribution in [0.15, 0.2) is 102 Å². The van der Waals surface area contributed by atoms with Gasteiger partial charge in [0.1, 0.15) is 6.04 Å². The summed E-state index contributed by atoms with van der Waals surface area (Å²) in [6.45, 7) is 14.1. The van der Waals surface area contributed by atoms with Gasteiger partial charge in [0.05, 0.1) is 24.3 Å². The first-order chi connectivity index (χ1) is 24.6. The molecule has 3 aliphatic rings. The second-order valence-electron chi connectivity index (χ2n) is 13.3. The number of hydrogen-bond donors (Lipinski definition) is 3. The van der Waals surface area contributed by atoms with Crippen LogP contribution in [0.25, 0.3) is 5.57 Å². The molecule has 8 heteroatoms. The number of amides is 3. The lowest BCUT2D eigenvalue weighted by molar-refractivity contribution is -0.139. The van der Waals surface area contributed by atoms with Crippen LogP contribution in [0, 0.1) is 0 Å². The molecule has 1 atom stereocenters. The van der Waals surface area contributed by atoms with E-state index in [2.05, 4.69) is 41.0 Å². The minimum atomic E-state index is -1.18. The molecule has 276 valence electrons. The van der Waals surface area contributed by atoms with Crippen molar-refractivity contribution in [2.75, 3.05) is 19.7 Å². The van der Waals surface area contributed by atoms with Gasteiger partial charge in [-0.1, -0.05) is 132 Å². The molecule has 1 heterocycles. The Morgan fingerprint density at radius 2 is 1.51 bits per heavy atom. The lowest BCUT2D eigenvalue weighted by atomic mass is 9.76. The van der Waals surface area contributed by atoms with Crippen LogP contribution in [0.5, 0.6) is 0 Å². The highest BCUT2D eigenvalue weighted by atomic mass is 16.5. The third-order valence-electron chi connectivity index (χ3n) is 9.31. The van der Waals surface area contributed by atoms with Crippen molar-refractivity contribution in [2.24, 2.45) is 5.73 Å². The summed E-state index contributed by atoms with van der Waals surface area (Å²) in [5, 5.41) is 6.24. The van der Waals surface area contributed by atoms with Crippen molar-refractivity contribution >= 4 is 23.3 Å². The predicted octanol–water partition coefficient (Wildman–Crippen LogP) is 7.43. The molecule has 4 N–H and O–H groups in total. The minimum absolute atomic E-state index is 0.0118. The number of allylic oxidation sites excluding steroid dienone is 5. The fourth-order valence-electron chi connectivity index (χ4n) is 6.65. The fourth-order valence-corrected chi connectivity index (χ4v) is 6.65. The SMILES string of the molecule is CC.CC.CCN(CC1=C(C2=CCC=C(c3ccccc3)C=C2)C(=O)NC12CCCCC2)C(=O)[C@@H](COCc1ccccc1)NC(=O)C(C)(C)N. The van der Waals surface area contributed by atoms with Gasteiger partial charge in [0.25, 0.3) is 5.91 Å². The summed E-state index contributed by atoms with van der Waals surface area (Å²) in [4.78, 5) is 42.9. The van der Waals surface area contributed by atoms with Gasteiger partial charge in [-0.2, -0.15) is 0 Å². The Hall–Kier alpha value is -4.27. The van der Waals surface area contributed by atoms with Crippen LogP contribution in [0.1, 0.15) is 98.1 Å². The maximum absolute atomic E-state index is 14.3. The molecule has 1 saturated carbocycles. The number of likely N-dealkylation sites (N-methyl/N-ethyl adjacent to an activating group) is 1. The number of carbonyl (C=O) groups excluding carboxylic acids is 3. The van der Waals surface area contributed by atoms with Crippen LogP contribution in [-0.2, 0) is 25.7 Å². The van der Waals surface area contributed by atoms with E-state index in [1.807, 2.05) is 89.2 Å². The number of benzene rings is 2. The monoisotopic (exact) mass is 696 g/mol. The van der Waals surface area contributed by atoms with E-state index in [9.17, 15) is 14.4 Å². The van der Waals surface area contributed by atoms with E-state index in [-0.39, 0.29) is 25.0 Å². The molecule has 3 amide bonds. The Labute approximate surface area is 306 Å². The normalized spacial score (nSPS) is 17.1. The lowest BCUT2D eigenvalue weighted by Crippen LogP contribution is -2.58. The fraction of sp³-hybridized carbons (Fsp3) is 0.465. The van der Waals surface area contributed by atoms with Gasteiger partial charge in [-0.15, -0.1) is 0 Å². The standard InChI is InChI=1S/C39H48N4O4.2C2H6/c1-4-43(36(45)33(41-37(46)38(2,3)40)27-47-26-28-15-8-5-9-16-28)25-32-34(35(44)42-39(32)23-12-7-13-24-39)31-20-14-19-30(21-22-31)29-17-10-6-11-18-29;2*1-2/h5-6,8-11,15-22,33H,4,7,12-14,23-27,40H2,1-3H3,(H,41,46)(H,42,44);2*1-2H3/t33-;;/m1../s1. The molecule has 0 aromatic heterocycles. The zero-order valence-corrected chi connectivity index (χ0v) is 31.9. The van der Waals surface area contributed by atoms with Crippen LogP contribution in [0.2, 0.25) is 0 Å². The van der Waals surface area contributed by atoms with Crippen molar-refractivity contribution in [2.45, 2.75) is 111 Å². The molecule has 8 nitrogen and oxygen atoms in total. The van der Waals surface area contributed by atoms with E-state index < -0.39 is 23.0 Å². The highest BCUT2D eigenvalue weighted by Gasteiger charge is 2.47. The first-order valence-corrected chi connectivity index (χ1v) is 18.8. The van der Waals surface area contributed by atoms with Crippen molar-refractivity contribution in [1.29, 1.82) is 0 Å². The average molecular weight is 697 g/mol. The van der Waals surface area contributed by atoms with E-state index in [4.69, 9.17) is 10.5 Å². The number of nitrogens with one attached hydrogen (secondary N) is 2. The van der Waals surface area contributed by atoms with Gasteiger partial charge in [-0.3, -0.25) is 14.4 Å². The molecule has 1 fully saturated rings. The van der Waals surface area contributed by atoms with Crippen molar-refractivity contribution in [1.82, 2.24) is 15.5 Å². The van der Waals surface area contributed by atoms with Crippen LogP contribution in [0.3, 0.4) is 0 Å². The Kier molecular flexibility index (Phi) is 16.1. The molecule has 0 radical (unpaired) electrons. The number of nitrogens with two attached hydrogens (primary N) is 1. The molecule has 2 aromatic rings. The number of carbonyl (C=O) groups is 3. The van der Waals surface area contributed by atoms with Crippen molar-refractivity contribution < 1.29 is 19.1 Å². The zero-order valence-electron chi connectivity index (χ0n) is 31.9. The van der Waals surface area contributed by atoms with Gasteiger partial charge in [0.15, 0.2) is 0 Å². The Morgan fingerprint density at radius 3 is 2.12 bits per heavy atom. The Morgan fingerprint density at radius 1 is 0.922 bits per heavy atom. The molecular weight excluding hydrogens is 636 g/mol. The minimum Gasteiger partial charge on any atom is -0.374 e. The van der Waals surface area contributed by atoms with Gasteiger partial charge in [-0.05, 0) is 67.9 Å². The molecule has 1 spiro atoms. The van der Waals surface area contributed by atoms with E-state index in [0.717, 1.165) is 60.0 Å². The topological polar surface area (TPSA) is 114 Å². The first-order valence-electron chi connectivity index (χ1n) is 18.8. The average Bonchev–Trinajstić information content (AvgIpc) is 3.27. The van der Waals surface area contributed by atoms with Crippen LogP contribution < -0.4 is 16.4 Å². The maximum Gasteiger partial charge on any atom is 0.252 e. The van der Waals surface area contributed by atoms with Gasteiger partial charge in [-0.25, -0.2) is 0 Å². The van der Waals surface area contributed by atoms with E-state index >= 15 is 0 Å². The summed E-state index contributed by atoms with van der Waals surface area (Å²) in [5.74, 6) is -0.800. The van der Waals surface area contributed by atoms with E-state index in [1.165, 1.54) is 0 Å². The number of rotatable bonds is 12. The molecule has 2 aromatic carbocycles. The molecule has 5 rings (SSSR count). The number of ether oxygens (including phenoxy) is 1. The molecule has 51 heavy (non-hydrogen) atoms. The lowest BCUT2D eigenvalue weighted by Gasteiger charge is -2.38. The zero-order chi connectivity index (χ0) is 37.4. The summed E-state index contributed by atoms with van der Waals surface area (Å²) >= 11 is 0. The molecule has 0 bridgehead atoms. The van der Waals surface area contributed by atoms with E-state index in [1.54, 1.807) is 18.7 Å². The van der Waals surface area contributed by atoms with Gasteiger partial charge < -0.3 is 26.0 Å². The highest BCUT2D eigenvalue weighted by molar-refractivity contribution is 6.04. The molecule has 0 saturated heterocycles. The molecule has 0 unspecified atom stereocenters. The van der Waals surface area contributed by atoms with Gasteiger partial charge in [0, 0.05) is 18.7 Å². The predicted molar refractivity (Wildman–Crippen MR) is 208 cm³/mol. The smallest absolute Gasteiger partial charge is 0.252 e. The Balaban J connectivity index is 0.00000169. The van der Waals surface area contributed by atoms with Crippen molar-refractivity contribution in [3.05, 3.63) is 113 Å². The molecule has 2 aliphatic carbocycles. The summed E-state index contributed by atoms with van der Waals surface area (Å²) in [6.07, 6.45) is 13.8. The van der Waals surface area contributed by atoms with Crippen molar-refractivity contribution in [3.63, 3.8) is 0 Å². The third kappa shape index (κ3) is 10.9. The van der Waals surface area contributed by atoms with Crippen LogP contribution in [-0.4, -0.2) is 59.4 Å². The van der Waals surface area contributed by atoms with Crippen LogP contribution >= 0.6 is 0 Å². The molecule has 1 aliphatic heterocycles. The summed E-state index contributed by atoms with van der Waals surface area (Å²) in [5.41, 5.74) is 10.1. The summed E-state index contributed by atoms with van der Waals surface area (Å²) in [7, 11) is 0. The largest absolute Gasteiger partial charge is 0.374 e.